The molecule has 0 aromatic rings. The van der Waals surface area contributed by atoms with E-state index in [1.54, 1.807) is 11.1 Å². The van der Waals surface area contributed by atoms with Gasteiger partial charge in [0.05, 0.1) is 18.0 Å². The van der Waals surface area contributed by atoms with E-state index in [9.17, 15) is 8.42 Å². The first-order valence-electron chi connectivity index (χ1n) is 14.5. The highest BCUT2D eigenvalue weighted by Gasteiger charge is 2.64. The van der Waals surface area contributed by atoms with Gasteiger partial charge in [-0.3, -0.25) is 0 Å². The van der Waals surface area contributed by atoms with Crippen molar-refractivity contribution in [1.82, 2.24) is 10.0 Å². The van der Waals surface area contributed by atoms with E-state index in [1.807, 2.05) is 0 Å². The van der Waals surface area contributed by atoms with Gasteiger partial charge in [0, 0.05) is 17.5 Å². The van der Waals surface area contributed by atoms with Gasteiger partial charge in [0.25, 0.3) is 0 Å². The van der Waals surface area contributed by atoms with Crippen LogP contribution in [0.25, 0.3) is 0 Å². The van der Waals surface area contributed by atoms with Crippen LogP contribution in [-0.2, 0) is 14.8 Å². The standard InChI is InChI=1S/C29H48N2O3S/c1-17-13-26-28(5,30-16-17)19(3)29(34-26)12-10-22-23-8-7-20-14-21(31-35(6,32)33)9-11-27(20,4)25(23)15-24(22)18(29)2/h17,19-23,25-26,30-31H,7-16H2,1-6H3/t17-,19+,20+,21+,22-,23-,25-,26+,27-,28-,29-/m0/s1. The highest BCUT2D eigenvalue weighted by atomic mass is 32.2. The van der Waals surface area contributed by atoms with E-state index >= 15 is 0 Å². The van der Waals surface area contributed by atoms with Crippen molar-refractivity contribution in [3.05, 3.63) is 11.1 Å². The van der Waals surface area contributed by atoms with Crippen LogP contribution in [0, 0.1) is 40.9 Å². The van der Waals surface area contributed by atoms with Crippen molar-refractivity contribution in [2.75, 3.05) is 12.8 Å². The van der Waals surface area contributed by atoms with E-state index in [2.05, 4.69) is 44.7 Å². The van der Waals surface area contributed by atoms with Crippen molar-refractivity contribution in [3.8, 4) is 0 Å². The molecule has 4 aliphatic carbocycles. The second-order valence-electron chi connectivity index (χ2n) is 14.1. The van der Waals surface area contributed by atoms with Crippen molar-refractivity contribution < 1.29 is 13.2 Å². The minimum atomic E-state index is -3.14. The monoisotopic (exact) mass is 504 g/mol. The summed E-state index contributed by atoms with van der Waals surface area (Å²) >= 11 is 0. The van der Waals surface area contributed by atoms with Crippen molar-refractivity contribution >= 4 is 10.0 Å². The number of ether oxygens (including phenoxy) is 1. The summed E-state index contributed by atoms with van der Waals surface area (Å²) in [6.45, 7) is 13.3. The largest absolute Gasteiger partial charge is 0.365 e. The van der Waals surface area contributed by atoms with E-state index in [0.717, 1.165) is 43.6 Å². The third-order valence-corrected chi connectivity index (χ3v) is 13.3. The Bertz CT molecular complexity index is 1020. The molecule has 6 rings (SSSR count). The number of hydrogen-bond donors (Lipinski definition) is 2. The van der Waals surface area contributed by atoms with Crippen molar-refractivity contribution in [2.24, 2.45) is 40.9 Å². The van der Waals surface area contributed by atoms with Gasteiger partial charge in [0.2, 0.25) is 10.0 Å². The van der Waals surface area contributed by atoms with E-state index in [4.69, 9.17) is 4.74 Å². The summed E-state index contributed by atoms with van der Waals surface area (Å²) in [7, 11) is -3.14. The van der Waals surface area contributed by atoms with Crippen LogP contribution in [0.4, 0.5) is 0 Å². The number of hydrogen-bond acceptors (Lipinski definition) is 4. The lowest BCUT2D eigenvalue weighted by molar-refractivity contribution is -0.0630. The zero-order chi connectivity index (χ0) is 25.0. The van der Waals surface area contributed by atoms with Gasteiger partial charge >= 0.3 is 0 Å². The van der Waals surface area contributed by atoms with Crippen LogP contribution >= 0.6 is 0 Å². The molecule has 0 bridgehead atoms. The molecule has 0 aromatic heterocycles. The number of nitrogens with one attached hydrogen (secondary N) is 2. The third-order valence-electron chi connectivity index (χ3n) is 12.5. The molecule has 0 amide bonds. The Morgan fingerprint density at radius 2 is 1.83 bits per heavy atom. The van der Waals surface area contributed by atoms with Gasteiger partial charge in [-0.25, -0.2) is 13.1 Å². The van der Waals surface area contributed by atoms with Gasteiger partial charge in [-0.05, 0) is 119 Å². The third kappa shape index (κ3) is 3.59. The van der Waals surface area contributed by atoms with Gasteiger partial charge < -0.3 is 10.1 Å². The average molecular weight is 505 g/mol. The first-order valence-corrected chi connectivity index (χ1v) is 16.4. The Morgan fingerprint density at radius 3 is 2.57 bits per heavy atom. The van der Waals surface area contributed by atoms with Gasteiger partial charge in [0.15, 0.2) is 0 Å². The van der Waals surface area contributed by atoms with Gasteiger partial charge in [-0.15, -0.1) is 0 Å². The van der Waals surface area contributed by atoms with Crippen molar-refractivity contribution in [3.63, 3.8) is 0 Å². The highest BCUT2D eigenvalue weighted by Crippen LogP contribution is 2.67. The Labute approximate surface area is 213 Å². The fourth-order valence-electron chi connectivity index (χ4n) is 10.3. The molecule has 3 saturated carbocycles. The number of sulfonamides is 1. The smallest absolute Gasteiger partial charge is 0.208 e. The second-order valence-corrected chi connectivity index (χ2v) is 15.9. The number of fused-ring (bicyclic) bond motifs is 6. The fraction of sp³-hybridized carbons (Fsp3) is 0.931. The van der Waals surface area contributed by atoms with Crippen LogP contribution in [0.2, 0.25) is 0 Å². The maximum Gasteiger partial charge on any atom is 0.208 e. The molecule has 11 atom stereocenters. The molecule has 6 aliphatic rings. The highest BCUT2D eigenvalue weighted by molar-refractivity contribution is 7.88. The summed E-state index contributed by atoms with van der Waals surface area (Å²) < 4.78 is 33.9. The quantitative estimate of drug-likeness (QED) is 0.518. The van der Waals surface area contributed by atoms with Gasteiger partial charge in [-0.1, -0.05) is 26.3 Å². The fourth-order valence-corrected chi connectivity index (χ4v) is 11.2. The van der Waals surface area contributed by atoms with E-state index in [0.29, 0.717) is 29.3 Å². The summed E-state index contributed by atoms with van der Waals surface area (Å²) in [5.41, 5.74) is 3.68. The zero-order valence-corrected chi connectivity index (χ0v) is 23.6. The lowest BCUT2D eigenvalue weighted by Crippen LogP contribution is -2.59. The zero-order valence-electron chi connectivity index (χ0n) is 22.8. The first-order chi connectivity index (χ1) is 16.4. The SMILES string of the molecule is CC1=C2C[C@H]3[C@@H](CC[C@@H]4C[C@H](NS(C)(=O)=O)CC[C@@]43C)[C@@H]2CC[C@]12O[C@@H]1C[C@H](C)CN[C@@]1(C)[C@H]2C. The van der Waals surface area contributed by atoms with Crippen molar-refractivity contribution in [1.29, 1.82) is 0 Å². The van der Waals surface area contributed by atoms with Crippen LogP contribution in [-0.4, -0.2) is 44.5 Å². The molecule has 5 nitrogen and oxygen atoms in total. The summed E-state index contributed by atoms with van der Waals surface area (Å²) in [5.74, 6) is 4.11. The second kappa shape index (κ2) is 8.04. The summed E-state index contributed by atoms with van der Waals surface area (Å²) in [6.07, 6.45) is 12.3. The van der Waals surface area contributed by atoms with E-state index in [1.165, 1.54) is 44.8 Å². The molecule has 35 heavy (non-hydrogen) atoms. The Morgan fingerprint density at radius 1 is 1.06 bits per heavy atom. The summed E-state index contributed by atoms with van der Waals surface area (Å²) in [5, 5.41) is 3.93. The molecule has 2 heterocycles. The van der Waals surface area contributed by atoms with Crippen LogP contribution in [0.1, 0.15) is 92.4 Å². The lowest BCUT2D eigenvalue weighted by atomic mass is 9.52. The van der Waals surface area contributed by atoms with Crippen LogP contribution in [0.3, 0.4) is 0 Å². The maximum absolute atomic E-state index is 11.9. The molecule has 6 heteroatoms. The maximum atomic E-state index is 11.9. The molecule has 0 aromatic carbocycles. The van der Waals surface area contributed by atoms with Gasteiger partial charge in [-0.2, -0.15) is 0 Å². The molecule has 2 aliphatic heterocycles. The molecule has 0 radical (unpaired) electrons. The Balaban J connectivity index is 1.28. The normalized spacial score (nSPS) is 53.8. The number of rotatable bonds is 2. The van der Waals surface area contributed by atoms with Crippen LogP contribution in [0.15, 0.2) is 11.1 Å². The predicted octanol–water partition coefficient (Wildman–Crippen LogP) is 5.03. The van der Waals surface area contributed by atoms with Crippen LogP contribution < -0.4 is 10.0 Å². The molecule has 5 fully saturated rings. The molecule has 198 valence electrons. The average Bonchev–Trinajstić information content (AvgIpc) is 3.27. The van der Waals surface area contributed by atoms with Crippen LogP contribution in [0.5, 0.6) is 0 Å². The van der Waals surface area contributed by atoms with E-state index < -0.39 is 10.0 Å². The lowest BCUT2D eigenvalue weighted by Gasteiger charge is -2.54. The molecule has 2 saturated heterocycles. The van der Waals surface area contributed by atoms with E-state index in [-0.39, 0.29) is 17.2 Å². The van der Waals surface area contributed by atoms with Gasteiger partial charge in [0.1, 0.15) is 0 Å². The minimum Gasteiger partial charge on any atom is -0.365 e. The molecular formula is C29H48N2O3S. The number of allylic oxidation sites excluding steroid dienone is 1. The molecule has 0 unspecified atom stereocenters. The number of piperidine rings is 1. The summed E-state index contributed by atoms with van der Waals surface area (Å²) in [4.78, 5) is 0. The molecule has 1 spiro atoms. The summed E-state index contributed by atoms with van der Waals surface area (Å²) in [6, 6.07) is 0.124. The Hall–Kier alpha value is -0.430. The predicted molar refractivity (Wildman–Crippen MR) is 140 cm³/mol. The molecular weight excluding hydrogens is 456 g/mol. The Kier molecular flexibility index (Phi) is 5.71. The minimum absolute atomic E-state index is 0.0780. The first kappa shape index (κ1) is 24.9. The van der Waals surface area contributed by atoms with Crippen molar-refractivity contribution in [2.45, 2.75) is 116 Å². The topological polar surface area (TPSA) is 67.4 Å². The molecule has 2 N–H and O–H groups in total.